The number of aromatic nitrogens is 2. The first kappa shape index (κ1) is 14.1. The summed E-state index contributed by atoms with van der Waals surface area (Å²) in [6.45, 7) is 0. The van der Waals surface area contributed by atoms with Gasteiger partial charge >= 0.3 is 5.97 Å². The molecule has 1 aliphatic rings. The molecule has 0 saturated carbocycles. The molecule has 0 bridgehead atoms. The molecule has 0 N–H and O–H groups in total. The third kappa shape index (κ3) is 2.53. The number of hydrogen-bond donors (Lipinski definition) is 0. The average molecular weight is 308 g/mol. The van der Waals surface area contributed by atoms with E-state index in [4.69, 9.17) is 4.74 Å². The van der Waals surface area contributed by atoms with E-state index in [-0.39, 0.29) is 17.4 Å². The lowest BCUT2D eigenvalue weighted by atomic mass is 10.0. The van der Waals surface area contributed by atoms with Crippen molar-refractivity contribution in [1.82, 2.24) is 9.38 Å². The highest BCUT2D eigenvalue weighted by molar-refractivity contribution is 7.91. The number of carbonyl (C=O) groups excluding carboxylic acids is 1. The van der Waals surface area contributed by atoms with Crippen LogP contribution < -0.4 is 0 Å². The SMILES string of the molecule is COC(=O)c1cccn2c(C3CCS(=O)(=O)CC3)ncc12. The van der Waals surface area contributed by atoms with E-state index in [1.54, 1.807) is 18.3 Å². The quantitative estimate of drug-likeness (QED) is 0.784. The number of fused-ring (bicyclic) bond motifs is 1. The zero-order valence-electron chi connectivity index (χ0n) is 11.7. The highest BCUT2D eigenvalue weighted by atomic mass is 32.2. The van der Waals surface area contributed by atoms with Gasteiger partial charge in [0.25, 0.3) is 0 Å². The van der Waals surface area contributed by atoms with Crippen LogP contribution in [0.1, 0.15) is 34.9 Å². The number of carbonyl (C=O) groups is 1. The van der Waals surface area contributed by atoms with Crippen LogP contribution in [-0.2, 0) is 14.6 Å². The fourth-order valence-corrected chi connectivity index (χ4v) is 4.27. The van der Waals surface area contributed by atoms with Gasteiger partial charge in [-0.2, -0.15) is 0 Å². The Labute approximate surface area is 122 Å². The lowest BCUT2D eigenvalue weighted by Gasteiger charge is -2.21. The summed E-state index contributed by atoms with van der Waals surface area (Å²) in [5.74, 6) is 0.903. The third-order valence-corrected chi connectivity index (χ3v) is 5.64. The topological polar surface area (TPSA) is 77.7 Å². The summed E-state index contributed by atoms with van der Waals surface area (Å²) in [6.07, 6.45) is 4.63. The monoisotopic (exact) mass is 308 g/mol. The van der Waals surface area contributed by atoms with Crippen molar-refractivity contribution >= 4 is 21.3 Å². The number of nitrogens with zero attached hydrogens (tertiary/aromatic N) is 2. The minimum absolute atomic E-state index is 0.101. The number of esters is 1. The van der Waals surface area contributed by atoms with Gasteiger partial charge < -0.3 is 9.14 Å². The van der Waals surface area contributed by atoms with Crippen LogP contribution in [0.15, 0.2) is 24.5 Å². The van der Waals surface area contributed by atoms with Crippen molar-refractivity contribution in [1.29, 1.82) is 0 Å². The van der Waals surface area contributed by atoms with Crippen molar-refractivity contribution in [3.63, 3.8) is 0 Å². The normalized spacial score (nSPS) is 18.7. The van der Waals surface area contributed by atoms with Crippen LogP contribution in [-0.4, -0.2) is 42.4 Å². The summed E-state index contributed by atoms with van der Waals surface area (Å²) < 4.78 is 29.7. The largest absolute Gasteiger partial charge is 0.465 e. The van der Waals surface area contributed by atoms with E-state index >= 15 is 0 Å². The van der Waals surface area contributed by atoms with Crippen molar-refractivity contribution in [3.05, 3.63) is 35.9 Å². The molecule has 1 saturated heterocycles. The van der Waals surface area contributed by atoms with Crippen LogP contribution in [0, 0.1) is 0 Å². The Hall–Kier alpha value is -1.89. The summed E-state index contributed by atoms with van der Waals surface area (Å²) in [4.78, 5) is 16.2. The van der Waals surface area contributed by atoms with Crippen molar-refractivity contribution in [2.24, 2.45) is 0 Å². The molecule has 3 heterocycles. The molecule has 21 heavy (non-hydrogen) atoms. The Morgan fingerprint density at radius 2 is 2.10 bits per heavy atom. The lowest BCUT2D eigenvalue weighted by Crippen LogP contribution is -2.23. The summed E-state index contributed by atoms with van der Waals surface area (Å²) in [7, 11) is -1.55. The van der Waals surface area contributed by atoms with Gasteiger partial charge in [0.1, 0.15) is 15.7 Å². The Kier molecular flexibility index (Phi) is 3.44. The second kappa shape index (κ2) is 5.14. The Balaban J connectivity index is 2.00. The molecule has 0 radical (unpaired) electrons. The first-order valence-corrected chi connectivity index (χ1v) is 8.58. The third-order valence-electron chi connectivity index (χ3n) is 3.92. The van der Waals surface area contributed by atoms with Crippen LogP contribution in [0.2, 0.25) is 0 Å². The van der Waals surface area contributed by atoms with Gasteiger partial charge in [0.05, 0.1) is 35.9 Å². The van der Waals surface area contributed by atoms with E-state index in [9.17, 15) is 13.2 Å². The number of imidazole rings is 1. The molecule has 0 amide bonds. The molecular weight excluding hydrogens is 292 g/mol. The molecule has 7 heteroatoms. The molecule has 1 aliphatic heterocycles. The van der Waals surface area contributed by atoms with Gasteiger partial charge in [0, 0.05) is 12.1 Å². The molecule has 2 aromatic rings. The fraction of sp³-hybridized carbons (Fsp3) is 0.429. The van der Waals surface area contributed by atoms with Gasteiger partial charge in [-0.1, -0.05) is 0 Å². The predicted octanol–water partition coefficient (Wildman–Crippen LogP) is 1.41. The molecule has 0 spiro atoms. The number of pyridine rings is 1. The number of ether oxygens (including phenoxy) is 1. The van der Waals surface area contributed by atoms with E-state index in [0.717, 1.165) is 5.82 Å². The van der Waals surface area contributed by atoms with Crippen LogP contribution in [0.25, 0.3) is 5.52 Å². The second-order valence-electron chi connectivity index (χ2n) is 5.21. The van der Waals surface area contributed by atoms with Gasteiger partial charge in [0.15, 0.2) is 0 Å². The molecule has 0 aromatic carbocycles. The number of sulfone groups is 1. The van der Waals surface area contributed by atoms with E-state index in [0.29, 0.717) is 23.9 Å². The minimum atomic E-state index is -2.90. The van der Waals surface area contributed by atoms with Crippen molar-refractivity contribution in [2.45, 2.75) is 18.8 Å². The highest BCUT2D eigenvalue weighted by Crippen LogP contribution is 2.29. The highest BCUT2D eigenvalue weighted by Gasteiger charge is 2.27. The number of methoxy groups -OCH3 is 1. The molecule has 0 atom stereocenters. The van der Waals surface area contributed by atoms with Crippen molar-refractivity contribution in [3.8, 4) is 0 Å². The zero-order valence-corrected chi connectivity index (χ0v) is 12.5. The van der Waals surface area contributed by atoms with Crippen LogP contribution >= 0.6 is 0 Å². The van der Waals surface area contributed by atoms with E-state index in [1.807, 2.05) is 10.6 Å². The Morgan fingerprint density at radius 3 is 2.76 bits per heavy atom. The average Bonchev–Trinajstić information content (AvgIpc) is 2.90. The van der Waals surface area contributed by atoms with Crippen molar-refractivity contribution < 1.29 is 17.9 Å². The minimum Gasteiger partial charge on any atom is -0.465 e. The molecule has 1 fully saturated rings. The fourth-order valence-electron chi connectivity index (χ4n) is 2.77. The van der Waals surface area contributed by atoms with Crippen molar-refractivity contribution in [2.75, 3.05) is 18.6 Å². The molecular formula is C14H16N2O4S. The van der Waals surface area contributed by atoms with E-state index < -0.39 is 15.8 Å². The first-order chi connectivity index (χ1) is 10.0. The zero-order chi connectivity index (χ0) is 15.0. The summed E-state index contributed by atoms with van der Waals surface area (Å²) in [5.41, 5.74) is 1.15. The molecule has 2 aromatic heterocycles. The molecule has 3 rings (SSSR count). The first-order valence-electron chi connectivity index (χ1n) is 6.76. The van der Waals surface area contributed by atoms with E-state index in [2.05, 4.69) is 4.98 Å². The molecule has 112 valence electrons. The van der Waals surface area contributed by atoms with Crippen LogP contribution in [0.4, 0.5) is 0 Å². The lowest BCUT2D eigenvalue weighted by molar-refractivity contribution is 0.0602. The van der Waals surface area contributed by atoms with Gasteiger partial charge in [-0.3, -0.25) is 0 Å². The Morgan fingerprint density at radius 1 is 1.38 bits per heavy atom. The summed E-state index contributed by atoms with van der Waals surface area (Å²) in [5, 5.41) is 0. The smallest absolute Gasteiger partial charge is 0.340 e. The van der Waals surface area contributed by atoms with Crippen LogP contribution in [0.3, 0.4) is 0 Å². The van der Waals surface area contributed by atoms with Gasteiger partial charge in [0.2, 0.25) is 0 Å². The summed E-state index contributed by atoms with van der Waals surface area (Å²) >= 11 is 0. The van der Waals surface area contributed by atoms with E-state index in [1.165, 1.54) is 7.11 Å². The maximum atomic E-state index is 11.8. The van der Waals surface area contributed by atoms with Gasteiger partial charge in [-0.15, -0.1) is 0 Å². The number of rotatable bonds is 2. The second-order valence-corrected chi connectivity index (χ2v) is 7.51. The Bertz CT molecular complexity index is 780. The maximum Gasteiger partial charge on any atom is 0.340 e. The number of hydrogen-bond acceptors (Lipinski definition) is 5. The molecule has 6 nitrogen and oxygen atoms in total. The van der Waals surface area contributed by atoms with Gasteiger partial charge in [-0.05, 0) is 25.0 Å². The molecule has 0 aliphatic carbocycles. The summed E-state index contributed by atoms with van der Waals surface area (Å²) in [6, 6.07) is 3.46. The van der Waals surface area contributed by atoms with Crippen LogP contribution in [0.5, 0.6) is 0 Å². The standard InChI is InChI=1S/C14H16N2O4S/c1-20-14(17)11-3-2-6-16-12(11)9-15-13(16)10-4-7-21(18,19)8-5-10/h2-3,6,9-10H,4-5,7-8H2,1H3. The maximum absolute atomic E-state index is 11.8. The predicted molar refractivity (Wildman–Crippen MR) is 77.2 cm³/mol. The molecule has 0 unspecified atom stereocenters. The van der Waals surface area contributed by atoms with Gasteiger partial charge in [-0.25, -0.2) is 18.2 Å².